The molecular weight excluding hydrogens is 260 g/mol. The number of anilines is 2. The number of amides is 1. The molecule has 0 saturated carbocycles. The third-order valence-corrected chi connectivity index (χ3v) is 3.45. The van der Waals surface area contributed by atoms with Gasteiger partial charge >= 0.3 is 0 Å². The molecule has 6 heteroatoms. The number of aryl methyl sites for hydroxylation is 1. The van der Waals surface area contributed by atoms with E-state index in [0.29, 0.717) is 10.1 Å². The predicted molar refractivity (Wildman–Crippen MR) is 77.8 cm³/mol. The number of hydrogen-bond donors (Lipinski definition) is 2. The molecule has 0 aliphatic carbocycles. The third-order valence-electron chi connectivity index (χ3n) is 2.57. The quantitative estimate of drug-likeness (QED) is 0.881. The van der Waals surface area contributed by atoms with Gasteiger partial charge in [-0.25, -0.2) is 0 Å². The molecular formula is C13H16N4OS. The normalized spacial score (nSPS) is 10.2. The molecule has 1 aromatic carbocycles. The van der Waals surface area contributed by atoms with Crippen LogP contribution in [0.1, 0.15) is 29.2 Å². The van der Waals surface area contributed by atoms with Crippen molar-refractivity contribution in [2.75, 3.05) is 17.2 Å². The van der Waals surface area contributed by atoms with Crippen LogP contribution in [0.5, 0.6) is 0 Å². The van der Waals surface area contributed by atoms with Crippen molar-refractivity contribution in [3.05, 3.63) is 34.8 Å². The van der Waals surface area contributed by atoms with E-state index in [1.54, 1.807) is 0 Å². The largest absolute Gasteiger partial charge is 0.360 e. The second-order valence-electron chi connectivity index (χ2n) is 3.95. The number of rotatable bonds is 5. The molecule has 2 aromatic rings. The molecule has 1 amide bonds. The van der Waals surface area contributed by atoms with Crippen LogP contribution in [0.15, 0.2) is 24.3 Å². The maximum atomic E-state index is 12.0. The van der Waals surface area contributed by atoms with Crippen molar-refractivity contribution in [1.29, 1.82) is 0 Å². The molecule has 0 unspecified atom stereocenters. The van der Waals surface area contributed by atoms with Crippen LogP contribution < -0.4 is 10.6 Å². The molecule has 2 rings (SSSR count). The SMILES string of the molecule is CCNc1nnc(C(=O)Nc2ccc(CC)cc2)s1. The molecule has 0 saturated heterocycles. The highest BCUT2D eigenvalue weighted by Gasteiger charge is 2.12. The van der Waals surface area contributed by atoms with E-state index in [2.05, 4.69) is 27.8 Å². The number of nitrogens with zero attached hydrogens (tertiary/aromatic N) is 2. The van der Waals surface area contributed by atoms with E-state index in [1.807, 2.05) is 31.2 Å². The summed E-state index contributed by atoms with van der Waals surface area (Å²) in [6, 6.07) is 7.78. The standard InChI is InChI=1S/C13H16N4OS/c1-3-9-5-7-10(8-6-9)15-11(18)12-16-17-13(19-12)14-4-2/h5-8H,3-4H2,1-2H3,(H,14,17)(H,15,18). The van der Waals surface area contributed by atoms with Gasteiger partial charge in [0.1, 0.15) is 0 Å². The Morgan fingerprint density at radius 1 is 1.21 bits per heavy atom. The van der Waals surface area contributed by atoms with Crippen molar-refractivity contribution >= 4 is 28.1 Å². The van der Waals surface area contributed by atoms with E-state index in [1.165, 1.54) is 16.9 Å². The van der Waals surface area contributed by atoms with Crippen LogP contribution in [-0.4, -0.2) is 22.6 Å². The average Bonchev–Trinajstić information content (AvgIpc) is 2.89. The van der Waals surface area contributed by atoms with Crippen LogP contribution in [-0.2, 0) is 6.42 Å². The molecule has 0 fully saturated rings. The lowest BCUT2D eigenvalue weighted by molar-refractivity contribution is 0.102. The monoisotopic (exact) mass is 276 g/mol. The zero-order valence-electron chi connectivity index (χ0n) is 10.9. The summed E-state index contributed by atoms with van der Waals surface area (Å²) in [6.45, 7) is 4.82. The molecule has 0 aliphatic rings. The fourth-order valence-corrected chi connectivity index (χ4v) is 2.25. The topological polar surface area (TPSA) is 66.9 Å². The van der Waals surface area contributed by atoms with Crippen LogP contribution in [0.2, 0.25) is 0 Å². The van der Waals surface area contributed by atoms with Crippen LogP contribution >= 0.6 is 11.3 Å². The molecule has 19 heavy (non-hydrogen) atoms. The molecule has 0 bridgehead atoms. The molecule has 100 valence electrons. The van der Waals surface area contributed by atoms with Gasteiger partial charge in [-0.2, -0.15) is 0 Å². The third kappa shape index (κ3) is 3.51. The molecule has 0 atom stereocenters. The van der Waals surface area contributed by atoms with Gasteiger partial charge in [-0.05, 0) is 31.0 Å². The molecule has 1 aromatic heterocycles. The summed E-state index contributed by atoms with van der Waals surface area (Å²) in [7, 11) is 0. The van der Waals surface area contributed by atoms with Crippen molar-refractivity contribution in [2.45, 2.75) is 20.3 Å². The highest BCUT2D eigenvalue weighted by atomic mass is 32.1. The van der Waals surface area contributed by atoms with Gasteiger partial charge < -0.3 is 10.6 Å². The number of nitrogens with one attached hydrogen (secondary N) is 2. The van der Waals surface area contributed by atoms with Gasteiger partial charge in [0.05, 0.1) is 0 Å². The Kier molecular flexibility index (Phi) is 4.46. The first-order valence-electron chi connectivity index (χ1n) is 6.20. The molecule has 0 radical (unpaired) electrons. The average molecular weight is 276 g/mol. The maximum Gasteiger partial charge on any atom is 0.286 e. The molecule has 0 aliphatic heterocycles. The Hall–Kier alpha value is -1.95. The van der Waals surface area contributed by atoms with Crippen LogP contribution in [0.25, 0.3) is 0 Å². The van der Waals surface area contributed by atoms with E-state index < -0.39 is 0 Å². The second kappa shape index (κ2) is 6.29. The van der Waals surface area contributed by atoms with Gasteiger partial charge in [0.25, 0.3) is 5.91 Å². The summed E-state index contributed by atoms with van der Waals surface area (Å²) in [5, 5.41) is 14.6. The molecule has 2 N–H and O–H groups in total. The molecule has 5 nitrogen and oxygen atoms in total. The lowest BCUT2D eigenvalue weighted by atomic mass is 10.1. The summed E-state index contributed by atoms with van der Waals surface area (Å²) in [5.74, 6) is -0.231. The number of carbonyl (C=O) groups excluding carboxylic acids is 1. The summed E-state index contributed by atoms with van der Waals surface area (Å²) in [5.41, 5.74) is 2.01. The zero-order chi connectivity index (χ0) is 13.7. The van der Waals surface area contributed by atoms with Crippen molar-refractivity contribution < 1.29 is 4.79 Å². The Morgan fingerprint density at radius 2 is 1.95 bits per heavy atom. The van der Waals surface area contributed by atoms with Crippen molar-refractivity contribution in [3.63, 3.8) is 0 Å². The van der Waals surface area contributed by atoms with Crippen LogP contribution in [0.4, 0.5) is 10.8 Å². The Bertz CT molecular complexity index is 550. The van der Waals surface area contributed by atoms with E-state index in [0.717, 1.165) is 18.7 Å². The van der Waals surface area contributed by atoms with Gasteiger partial charge in [-0.3, -0.25) is 4.79 Å². The van der Waals surface area contributed by atoms with E-state index >= 15 is 0 Å². The van der Waals surface area contributed by atoms with Gasteiger partial charge in [0, 0.05) is 12.2 Å². The Balaban J connectivity index is 2.02. The van der Waals surface area contributed by atoms with Crippen LogP contribution in [0, 0.1) is 0 Å². The zero-order valence-corrected chi connectivity index (χ0v) is 11.8. The Labute approximate surface area is 116 Å². The number of hydrogen-bond acceptors (Lipinski definition) is 5. The highest BCUT2D eigenvalue weighted by molar-refractivity contribution is 7.17. The maximum absolute atomic E-state index is 12.0. The van der Waals surface area contributed by atoms with Gasteiger partial charge in [0.15, 0.2) is 0 Å². The summed E-state index contributed by atoms with van der Waals surface area (Å²) in [4.78, 5) is 12.0. The first kappa shape index (κ1) is 13.5. The fourth-order valence-electron chi connectivity index (χ4n) is 1.55. The molecule has 0 spiro atoms. The lowest BCUT2D eigenvalue weighted by Crippen LogP contribution is -2.11. The number of aromatic nitrogens is 2. The summed E-state index contributed by atoms with van der Waals surface area (Å²) in [6.07, 6.45) is 0.983. The van der Waals surface area contributed by atoms with Crippen molar-refractivity contribution in [2.24, 2.45) is 0 Å². The highest BCUT2D eigenvalue weighted by Crippen LogP contribution is 2.17. The van der Waals surface area contributed by atoms with E-state index in [9.17, 15) is 4.79 Å². The predicted octanol–water partition coefficient (Wildman–Crippen LogP) is 2.78. The smallest absolute Gasteiger partial charge is 0.286 e. The van der Waals surface area contributed by atoms with E-state index in [-0.39, 0.29) is 5.91 Å². The fraction of sp³-hybridized carbons (Fsp3) is 0.308. The van der Waals surface area contributed by atoms with Gasteiger partial charge in [-0.15, -0.1) is 10.2 Å². The minimum absolute atomic E-state index is 0.231. The number of benzene rings is 1. The van der Waals surface area contributed by atoms with Crippen molar-refractivity contribution in [1.82, 2.24) is 10.2 Å². The van der Waals surface area contributed by atoms with Gasteiger partial charge in [0.2, 0.25) is 10.1 Å². The molecule has 1 heterocycles. The minimum atomic E-state index is -0.231. The Morgan fingerprint density at radius 3 is 2.58 bits per heavy atom. The van der Waals surface area contributed by atoms with Crippen LogP contribution in [0.3, 0.4) is 0 Å². The summed E-state index contributed by atoms with van der Waals surface area (Å²) >= 11 is 1.25. The van der Waals surface area contributed by atoms with E-state index in [4.69, 9.17) is 0 Å². The minimum Gasteiger partial charge on any atom is -0.360 e. The van der Waals surface area contributed by atoms with Crippen molar-refractivity contribution in [3.8, 4) is 0 Å². The number of carbonyl (C=O) groups is 1. The lowest BCUT2D eigenvalue weighted by Gasteiger charge is -2.03. The first-order valence-corrected chi connectivity index (χ1v) is 7.02. The summed E-state index contributed by atoms with van der Waals surface area (Å²) < 4.78 is 0. The second-order valence-corrected chi connectivity index (χ2v) is 4.92. The van der Waals surface area contributed by atoms with Gasteiger partial charge in [-0.1, -0.05) is 30.4 Å². The first-order chi connectivity index (χ1) is 9.22.